The molecular formula is C45H44. The number of benzene rings is 6. The van der Waals surface area contributed by atoms with Crippen LogP contribution in [0.4, 0.5) is 0 Å². The minimum atomic E-state index is 1.17. The Hall–Kier alpha value is -4.68. The quantitative estimate of drug-likeness (QED) is 0.126. The van der Waals surface area contributed by atoms with Gasteiger partial charge in [0.2, 0.25) is 0 Å². The van der Waals surface area contributed by atoms with Gasteiger partial charge in [0.15, 0.2) is 0 Å². The SMILES string of the molecule is Cc1cc(-c2ccccc2)ccc1-c1ccc(CCCCCCCc2ccc(-c3ccc(-c4ccccc4)cc3C)cc2)cc1. The molecule has 0 atom stereocenters. The lowest BCUT2D eigenvalue weighted by Crippen LogP contribution is -1.90. The number of aryl methyl sites for hydroxylation is 4. The highest BCUT2D eigenvalue weighted by Gasteiger charge is 2.07. The molecule has 224 valence electrons. The number of unbranched alkanes of at least 4 members (excludes halogenated alkanes) is 4. The fraction of sp³-hybridized carbons (Fsp3) is 0.200. The maximum absolute atomic E-state index is 2.32. The molecular weight excluding hydrogens is 540 g/mol. The Morgan fingerprint density at radius 2 is 0.667 bits per heavy atom. The van der Waals surface area contributed by atoms with E-state index in [9.17, 15) is 0 Å². The Balaban J connectivity index is 0.913. The van der Waals surface area contributed by atoms with E-state index in [-0.39, 0.29) is 0 Å². The Bertz CT molecular complexity index is 1660. The van der Waals surface area contributed by atoms with Crippen LogP contribution in [-0.2, 0) is 12.8 Å². The van der Waals surface area contributed by atoms with E-state index < -0.39 is 0 Å². The van der Waals surface area contributed by atoms with Gasteiger partial charge in [0.05, 0.1) is 0 Å². The molecule has 0 heterocycles. The summed E-state index contributed by atoms with van der Waals surface area (Å²) in [5, 5.41) is 0. The van der Waals surface area contributed by atoms with Crippen molar-refractivity contribution in [2.45, 2.75) is 58.8 Å². The monoisotopic (exact) mass is 584 g/mol. The maximum atomic E-state index is 2.32. The van der Waals surface area contributed by atoms with Gasteiger partial charge < -0.3 is 0 Å². The van der Waals surface area contributed by atoms with E-state index in [1.165, 1.54) is 112 Å². The lowest BCUT2D eigenvalue weighted by Gasteiger charge is -2.11. The molecule has 6 aromatic rings. The molecule has 0 fully saturated rings. The van der Waals surface area contributed by atoms with Crippen molar-refractivity contribution < 1.29 is 0 Å². The Morgan fingerprint density at radius 3 is 1.04 bits per heavy atom. The second kappa shape index (κ2) is 14.9. The minimum Gasteiger partial charge on any atom is -0.0622 e. The predicted molar refractivity (Wildman–Crippen MR) is 195 cm³/mol. The van der Waals surface area contributed by atoms with Gasteiger partial charge in [-0.25, -0.2) is 0 Å². The second-order valence-electron chi connectivity index (χ2n) is 12.5. The van der Waals surface area contributed by atoms with E-state index in [0.29, 0.717) is 0 Å². The zero-order valence-corrected chi connectivity index (χ0v) is 26.8. The van der Waals surface area contributed by atoms with Crippen molar-refractivity contribution in [3.05, 3.63) is 168 Å². The van der Waals surface area contributed by atoms with Gasteiger partial charge in [0, 0.05) is 0 Å². The molecule has 0 nitrogen and oxygen atoms in total. The first-order valence-corrected chi connectivity index (χ1v) is 16.6. The molecule has 0 aliphatic rings. The molecule has 0 amide bonds. The van der Waals surface area contributed by atoms with Crippen molar-refractivity contribution in [1.82, 2.24) is 0 Å². The molecule has 0 saturated heterocycles. The minimum absolute atomic E-state index is 1.17. The summed E-state index contributed by atoms with van der Waals surface area (Å²) in [4.78, 5) is 0. The van der Waals surface area contributed by atoms with Crippen molar-refractivity contribution in [1.29, 1.82) is 0 Å². The van der Waals surface area contributed by atoms with Crippen molar-refractivity contribution in [2.75, 3.05) is 0 Å². The summed E-state index contributed by atoms with van der Waals surface area (Å²) in [6, 6.07) is 53.4. The normalized spacial score (nSPS) is 11.1. The summed E-state index contributed by atoms with van der Waals surface area (Å²) >= 11 is 0. The van der Waals surface area contributed by atoms with Crippen LogP contribution in [0.25, 0.3) is 44.5 Å². The average molecular weight is 585 g/mol. The van der Waals surface area contributed by atoms with Gasteiger partial charge in [-0.15, -0.1) is 0 Å². The van der Waals surface area contributed by atoms with E-state index in [0.717, 1.165) is 0 Å². The van der Waals surface area contributed by atoms with Crippen LogP contribution in [0.3, 0.4) is 0 Å². The van der Waals surface area contributed by atoms with Gasteiger partial charge in [0.25, 0.3) is 0 Å². The number of rotatable bonds is 12. The Morgan fingerprint density at radius 1 is 0.311 bits per heavy atom. The van der Waals surface area contributed by atoms with E-state index >= 15 is 0 Å². The maximum Gasteiger partial charge on any atom is -0.0154 e. The third-order valence-electron chi connectivity index (χ3n) is 9.13. The third kappa shape index (κ3) is 7.89. The fourth-order valence-electron chi connectivity index (χ4n) is 6.49. The predicted octanol–water partition coefficient (Wildman–Crippen LogP) is 12.7. The summed E-state index contributed by atoms with van der Waals surface area (Å²) in [5.41, 5.74) is 15.9. The van der Waals surface area contributed by atoms with Crippen LogP contribution >= 0.6 is 0 Å². The summed E-state index contributed by atoms with van der Waals surface area (Å²) in [7, 11) is 0. The third-order valence-corrected chi connectivity index (χ3v) is 9.13. The van der Waals surface area contributed by atoms with Crippen LogP contribution in [0.15, 0.2) is 146 Å². The molecule has 0 N–H and O–H groups in total. The van der Waals surface area contributed by atoms with E-state index in [2.05, 4.69) is 159 Å². The molecule has 0 spiro atoms. The molecule has 0 aliphatic heterocycles. The second-order valence-corrected chi connectivity index (χ2v) is 12.5. The van der Waals surface area contributed by atoms with Crippen LogP contribution < -0.4 is 0 Å². The van der Waals surface area contributed by atoms with Crippen LogP contribution in [0.1, 0.15) is 54.4 Å². The van der Waals surface area contributed by atoms with Crippen LogP contribution in [0.5, 0.6) is 0 Å². The molecule has 6 aromatic carbocycles. The fourth-order valence-corrected chi connectivity index (χ4v) is 6.49. The molecule has 0 aliphatic carbocycles. The highest BCUT2D eigenvalue weighted by molar-refractivity contribution is 5.75. The van der Waals surface area contributed by atoms with Crippen LogP contribution in [-0.4, -0.2) is 0 Å². The van der Waals surface area contributed by atoms with Gasteiger partial charge in [-0.05, 0) is 106 Å². The zero-order chi connectivity index (χ0) is 30.8. The van der Waals surface area contributed by atoms with Crippen molar-refractivity contribution in [3.8, 4) is 44.5 Å². The number of hydrogen-bond acceptors (Lipinski definition) is 0. The first kappa shape index (κ1) is 30.4. The first-order chi connectivity index (χ1) is 22.1. The van der Waals surface area contributed by atoms with Gasteiger partial charge in [-0.1, -0.05) is 165 Å². The highest BCUT2D eigenvalue weighted by atomic mass is 14.1. The molecule has 0 radical (unpaired) electrons. The topological polar surface area (TPSA) is 0 Å². The molecule has 0 unspecified atom stereocenters. The molecule has 6 rings (SSSR count). The van der Waals surface area contributed by atoms with Gasteiger partial charge in [-0.2, -0.15) is 0 Å². The summed E-state index contributed by atoms with van der Waals surface area (Å²) in [6.07, 6.45) is 8.79. The smallest absolute Gasteiger partial charge is 0.0154 e. The van der Waals surface area contributed by atoms with Crippen LogP contribution in [0.2, 0.25) is 0 Å². The standard InChI is InChI=1S/C45H44/c1-34-32-42(38-16-10-6-11-17-38)28-30-44(34)40-24-20-36(21-25-40)14-8-4-3-5-9-15-37-22-26-41(27-23-37)45-31-29-43(33-35(45)2)39-18-12-7-13-19-39/h6-7,10-13,16-33H,3-5,8-9,14-15H2,1-2H3. The van der Waals surface area contributed by atoms with E-state index in [1.54, 1.807) is 0 Å². The van der Waals surface area contributed by atoms with E-state index in [1.807, 2.05) is 0 Å². The summed E-state index contributed by atoms with van der Waals surface area (Å²) < 4.78 is 0. The Labute approximate surface area is 270 Å². The van der Waals surface area contributed by atoms with Crippen molar-refractivity contribution >= 4 is 0 Å². The van der Waals surface area contributed by atoms with E-state index in [4.69, 9.17) is 0 Å². The lowest BCUT2D eigenvalue weighted by atomic mass is 9.94. The number of hydrogen-bond donors (Lipinski definition) is 0. The summed E-state index contributed by atoms with van der Waals surface area (Å²) in [5.74, 6) is 0. The molecule has 0 saturated carbocycles. The molecule has 0 heteroatoms. The van der Waals surface area contributed by atoms with Crippen molar-refractivity contribution in [2.24, 2.45) is 0 Å². The van der Waals surface area contributed by atoms with Gasteiger partial charge >= 0.3 is 0 Å². The Kier molecular flexibility index (Phi) is 10.0. The molecule has 0 bridgehead atoms. The summed E-state index contributed by atoms with van der Waals surface area (Å²) in [6.45, 7) is 4.44. The first-order valence-electron chi connectivity index (χ1n) is 16.6. The van der Waals surface area contributed by atoms with Gasteiger partial charge in [0.1, 0.15) is 0 Å². The average Bonchev–Trinajstić information content (AvgIpc) is 3.09. The zero-order valence-electron chi connectivity index (χ0n) is 26.8. The van der Waals surface area contributed by atoms with Gasteiger partial charge in [-0.3, -0.25) is 0 Å². The largest absolute Gasteiger partial charge is 0.0622 e. The molecule has 45 heavy (non-hydrogen) atoms. The van der Waals surface area contributed by atoms with Crippen LogP contribution in [0, 0.1) is 13.8 Å². The lowest BCUT2D eigenvalue weighted by molar-refractivity contribution is 0.613. The highest BCUT2D eigenvalue weighted by Crippen LogP contribution is 2.30. The molecule has 0 aromatic heterocycles. The van der Waals surface area contributed by atoms with Crippen molar-refractivity contribution in [3.63, 3.8) is 0 Å².